The average molecular weight is 625 g/mol. The van der Waals surface area contributed by atoms with Gasteiger partial charge in [0, 0.05) is 11.4 Å². The zero-order valence-corrected chi connectivity index (χ0v) is 25.5. The number of rotatable bonds is 13. The molecule has 4 aromatic carbocycles. The molecule has 0 unspecified atom stereocenters. The summed E-state index contributed by atoms with van der Waals surface area (Å²) < 4.78 is 22.7. The Hall–Kier alpha value is -4.74. The van der Waals surface area contributed by atoms with Crippen LogP contribution >= 0.6 is 0 Å². The largest absolute Gasteiger partial charge is 0.497 e. The van der Waals surface area contributed by atoms with Gasteiger partial charge in [0.05, 0.1) is 27.4 Å². The first-order valence-corrected chi connectivity index (χ1v) is 15.0. The van der Waals surface area contributed by atoms with Crippen molar-refractivity contribution in [1.82, 2.24) is 0 Å². The zero-order valence-electron chi connectivity index (χ0n) is 25.5. The van der Waals surface area contributed by atoms with E-state index < -0.39 is 36.5 Å². The number of ether oxygens (including phenoxy) is 4. The third-order valence-corrected chi connectivity index (χ3v) is 8.47. The number of β-lactam (4-membered cyclic amide) rings is 2. The molecule has 238 valence electrons. The van der Waals surface area contributed by atoms with Crippen molar-refractivity contribution in [3.63, 3.8) is 0 Å². The highest BCUT2D eigenvalue weighted by Gasteiger charge is 2.60. The Morgan fingerprint density at radius 1 is 0.565 bits per heavy atom. The molecule has 2 saturated heterocycles. The summed E-state index contributed by atoms with van der Waals surface area (Å²) in [5.74, 6) is 0.497. The lowest BCUT2D eigenvalue weighted by atomic mass is 9.81. The quantitative estimate of drug-likeness (QED) is 0.216. The summed E-state index contributed by atoms with van der Waals surface area (Å²) in [6, 6.07) is 30.6. The van der Waals surface area contributed by atoms with Gasteiger partial charge in [-0.1, -0.05) is 60.7 Å². The Labute approximate surface area is 267 Å². The number of methoxy groups -OCH3 is 2. The molecule has 10 heteroatoms. The van der Waals surface area contributed by atoms with Crippen molar-refractivity contribution in [1.29, 1.82) is 0 Å². The minimum Gasteiger partial charge on any atom is -0.497 e. The van der Waals surface area contributed by atoms with E-state index in [9.17, 15) is 19.8 Å². The van der Waals surface area contributed by atoms with E-state index in [0.717, 1.165) is 11.1 Å². The number of hydrogen-bond donors (Lipinski definition) is 2. The molecule has 0 bridgehead atoms. The summed E-state index contributed by atoms with van der Waals surface area (Å²) in [6.45, 7) is 0.269. The number of amides is 2. The molecule has 46 heavy (non-hydrogen) atoms. The predicted molar refractivity (Wildman–Crippen MR) is 171 cm³/mol. The topological polar surface area (TPSA) is 118 Å². The molecule has 2 N–H and O–H groups in total. The third kappa shape index (κ3) is 6.08. The van der Waals surface area contributed by atoms with Gasteiger partial charge in [0.15, 0.2) is 12.2 Å². The van der Waals surface area contributed by atoms with Gasteiger partial charge in [-0.2, -0.15) is 0 Å². The molecule has 2 amide bonds. The smallest absolute Gasteiger partial charge is 0.258 e. The first-order valence-electron chi connectivity index (χ1n) is 15.0. The fraction of sp³-hybridized carbons (Fsp3) is 0.278. The van der Waals surface area contributed by atoms with Crippen LogP contribution in [-0.4, -0.2) is 72.7 Å². The average Bonchev–Trinajstić information content (AvgIpc) is 3.10. The second-order valence-electron chi connectivity index (χ2n) is 11.2. The van der Waals surface area contributed by atoms with E-state index in [0.29, 0.717) is 22.9 Å². The minimum absolute atomic E-state index is 0.135. The number of anilines is 2. The normalized spacial score (nSPS) is 22.1. The number of hydrogen-bond acceptors (Lipinski definition) is 8. The van der Waals surface area contributed by atoms with Crippen molar-refractivity contribution in [3.05, 3.63) is 120 Å². The molecule has 2 aliphatic rings. The van der Waals surface area contributed by atoms with Crippen LogP contribution in [0, 0.1) is 0 Å². The Balaban J connectivity index is 1.29. The molecule has 0 spiro atoms. The van der Waals surface area contributed by atoms with E-state index in [4.69, 9.17) is 18.9 Å². The van der Waals surface area contributed by atoms with Gasteiger partial charge in [-0.05, 0) is 59.7 Å². The summed E-state index contributed by atoms with van der Waals surface area (Å²) in [7, 11) is 3.09. The van der Waals surface area contributed by atoms with Gasteiger partial charge in [-0.15, -0.1) is 0 Å². The van der Waals surface area contributed by atoms with Crippen LogP contribution in [0.5, 0.6) is 11.5 Å². The number of benzene rings is 4. The van der Waals surface area contributed by atoms with Gasteiger partial charge in [0.25, 0.3) is 11.8 Å². The molecule has 4 aromatic rings. The first-order chi connectivity index (χ1) is 22.4. The third-order valence-electron chi connectivity index (χ3n) is 8.47. The van der Waals surface area contributed by atoms with E-state index in [1.54, 1.807) is 62.8 Å². The van der Waals surface area contributed by atoms with Crippen LogP contribution in [-0.2, 0) is 32.3 Å². The maximum Gasteiger partial charge on any atom is 0.258 e. The van der Waals surface area contributed by atoms with E-state index in [1.807, 2.05) is 60.7 Å². The number of nitrogens with zero attached hydrogens (tertiary/aromatic N) is 2. The molecule has 0 saturated carbocycles. The summed E-state index contributed by atoms with van der Waals surface area (Å²) in [6.07, 6.45) is -5.11. The molecule has 2 fully saturated rings. The highest BCUT2D eigenvalue weighted by atomic mass is 16.5. The van der Waals surface area contributed by atoms with Gasteiger partial charge < -0.3 is 39.0 Å². The predicted octanol–water partition coefficient (Wildman–Crippen LogP) is 3.73. The van der Waals surface area contributed by atoms with E-state index in [2.05, 4.69) is 0 Å². The fourth-order valence-electron chi connectivity index (χ4n) is 5.98. The van der Waals surface area contributed by atoms with Gasteiger partial charge in [-0.25, -0.2) is 0 Å². The van der Waals surface area contributed by atoms with Crippen LogP contribution in [0.4, 0.5) is 11.4 Å². The fourth-order valence-corrected chi connectivity index (χ4v) is 5.98. The maximum absolute atomic E-state index is 13.5. The number of carbonyl (C=O) groups is 2. The number of aliphatic hydroxyl groups excluding tert-OH is 2. The molecule has 0 aromatic heterocycles. The molecule has 2 aliphatic heterocycles. The van der Waals surface area contributed by atoms with Crippen LogP contribution in [0.15, 0.2) is 109 Å². The lowest BCUT2D eigenvalue weighted by Crippen LogP contribution is -2.77. The lowest BCUT2D eigenvalue weighted by Gasteiger charge is -2.53. The number of aliphatic hydroxyl groups is 2. The van der Waals surface area contributed by atoms with Crippen molar-refractivity contribution in [2.24, 2.45) is 0 Å². The molecule has 0 aliphatic carbocycles. The Bertz CT molecular complexity index is 1490. The van der Waals surface area contributed by atoms with Gasteiger partial charge >= 0.3 is 0 Å². The zero-order chi connectivity index (χ0) is 32.2. The summed E-state index contributed by atoms with van der Waals surface area (Å²) in [5, 5.41) is 23.7. The van der Waals surface area contributed by atoms with Crippen LogP contribution in [0.3, 0.4) is 0 Å². The maximum atomic E-state index is 13.5. The summed E-state index contributed by atoms with van der Waals surface area (Å²) in [4.78, 5) is 29.9. The lowest BCUT2D eigenvalue weighted by molar-refractivity contribution is -0.164. The molecule has 2 heterocycles. The van der Waals surface area contributed by atoms with Crippen molar-refractivity contribution in [2.75, 3.05) is 24.0 Å². The monoisotopic (exact) mass is 624 g/mol. The highest BCUT2D eigenvalue weighted by Crippen LogP contribution is 2.39. The van der Waals surface area contributed by atoms with Crippen molar-refractivity contribution in [2.45, 2.75) is 49.7 Å². The second-order valence-corrected chi connectivity index (χ2v) is 11.2. The Morgan fingerprint density at radius 3 is 1.24 bits per heavy atom. The molecule has 10 nitrogen and oxygen atoms in total. The summed E-state index contributed by atoms with van der Waals surface area (Å²) in [5.41, 5.74) is 2.73. The van der Waals surface area contributed by atoms with E-state index in [-0.39, 0.29) is 25.0 Å². The summed E-state index contributed by atoms with van der Waals surface area (Å²) >= 11 is 0. The van der Waals surface area contributed by atoms with E-state index >= 15 is 0 Å². The molecule has 0 radical (unpaired) electrons. The molecule has 6 atom stereocenters. The second kappa shape index (κ2) is 13.7. The van der Waals surface area contributed by atoms with Gasteiger partial charge in [-0.3, -0.25) is 9.59 Å². The van der Waals surface area contributed by atoms with Crippen molar-refractivity contribution < 1.29 is 38.7 Å². The van der Waals surface area contributed by atoms with Crippen molar-refractivity contribution in [3.8, 4) is 11.5 Å². The standard InChI is InChI=1S/C36H36N2O8/c1-43-27-17-13-25(14-18-27)37-29(33(35(37)41)45-21-23-9-5-3-6-10-23)31(39)32(40)30-34(46-22-24-11-7-4-8-12-24)36(42)38(30)26-15-19-28(44-2)20-16-26/h3-20,29-34,39-40H,21-22H2,1-2H3/t29-,30+,31-,32-,33+,34-/m0/s1. The van der Waals surface area contributed by atoms with E-state index in [1.165, 1.54) is 9.80 Å². The van der Waals surface area contributed by atoms with Crippen LogP contribution in [0.2, 0.25) is 0 Å². The van der Waals surface area contributed by atoms with Crippen LogP contribution < -0.4 is 19.3 Å². The van der Waals surface area contributed by atoms with Crippen LogP contribution in [0.1, 0.15) is 11.1 Å². The Morgan fingerprint density at radius 2 is 0.913 bits per heavy atom. The SMILES string of the molecule is COc1ccc(N2C(=O)[C@@H](OCc3ccccc3)[C@H]2[C@H](O)[C@@H](O)[C@H]2[C@@H](OCc3ccccc3)C(=O)N2c2ccc(OC)cc2)cc1. The van der Waals surface area contributed by atoms with Crippen molar-refractivity contribution >= 4 is 23.2 Å². The highest BCUT2D eigenvalue weighted by molar-refractivity contribution is 6.06. The van der Waals surface area contributed by atoms with Crippen LogP contribution in [0.25, 0.3) is 0 Å². The van der Waals surface area contributed by atoms with Gasteiger partial charge in [0.2, 0.25) is 0 Å². The molecule has 6 rings (SSSR count). The molecular formula is C36H36N2O8. The molecular weight excluding hydrogens is 588 g/mol. The Kier molecular flexibility index (Phi) is 9.32. The first kappa shape index (κ1) is 31.3. The van der Waals surface area contributed by atoms with Gasteiger partial charge in [0.1, 0.15) is 35.8 Å². The number of carbonyl (C=O) groups excluding carboxylic acids is 2. The minimum atomic E-state index is -1.51.